The largest absolute Gasteiger partial charge is 0.459 e. The van der Waals surface area contributed by atoms with Crippen molar-refractivity contribution in [2.45, 2.75) is 12.8 Å². The number of hydrogen-bond donors (Lipinski definition) is 0. The summed E-state index contributed by atoms with van der Waals surface area (Å²) in [5.74, 6) is 1.43. The van der Waals surface area contributed by atoms with Crippen LogP contribution in [0.1, 0.15) is 18.5 Å². The molecule has 0 radical (unpaired) electrons. The highest BCUT2D eigenvalue weighted by Crippen LogP contribution is 2.32. The van der Waals surface area contributed by atoms with E-state index >= 15 is 0 Å². The maximum atomic E-state index is 13.1. The lowest BCUT2D eigenvalue weighted by molar-refractivity contribution is -0.136. The number of carbonyl (C=O) groups is 1. The van der Waals surface area contributed by atoms with Gasteiger partial charge in [-0.1, -0.05) is 17.7 Å². The van der Waals surface area contributed by atoms with Crippen molar-refractivity contribution < 1.29 is 13.6 Å². The SMILES string of the molecule is N#Cc1nc(-c2ccco2)oc1N1CCC(C(=O)N2CCN(c3cccc(Cl)c3)CC2)CC1. The fourth-order valence-electron chi connectivity index (χ4n) is 4.55. The van der Waals surface area contributed by atoms with Crippen molar-refractivity contribution in [3.63, 3.8) is 0 Å². The van der Waals surface area contributed by atoms with E-state index in [0.717, 1.165) is 36.6 Å². The van der Waals surface area contributed by atoms with Gasteiger partial charge in [0.1, 0.15) is 6.07 Å². The summed E-state index contributed by atoms with van der Waals surface area (Å²) in [6.45, 7) is 4.28. The van der Waals surface area contributed by atoms with Crippen molar-refractivity contribution in [2.24, 2.45) is 5.92 Å². The van der Waals surface area contributed by atoms with Crippen LogP contribution < -0.4 is 9.80 Å². The third-order valence-electron chi connectivity index (χ3n) is 6.34. The smallest absolute Gasteiger partial charge is 0.266 e. The van der Waals surface area contributed by atoms with E-state index in [1.54, 1.807) is 12.1 Å². The molecule has 0 N–H and O–H groups in total. The van der Waals surface area contributed by atoms with Gasteiger partial charge in [0.15, 0.2) is 5.76 Å². The van der Waals surface area contributed by atoms with Gasteiger partial charge in [-0.2, -0.15) is 10.2 Å². The number of carbonyl (C=O) groups excluding carboxylic acids is 1. The zero-order valence-corrected chi connectivity index (χ0v) is 18.9. The third-order valence-corrected chi connectivity index (χ3v) is 6.58. The van der Waals surface area contributed by atoms with Crippen LogP contribution in [0.3, 0.4) is 0 Å². The van der Waals surface area contributed by atoms with Gasteiger partial charge in [-0.05, 0) is 43.2 Å². The normalized spacial score (nSPS) is 17.3. The highest BCUT2D eigenvalue weighted by atomic mass is 35.5. The second-order valence-electron chi connectivity index (χ2n) is 8.32. The van der Waals surface area contributed by atoms with Crippen molar-refractivity contribution in [1.82, 2.24) is 9.88 Å². The van der Waals surface area contributed by atoms with Gasteiger partial charge in [0, 0.05) is 55.9 Å². The Morgan fingerprint density at radius 2 is 1.85 bits per heavy atom. The van der Waals surface area contributed by atoms with Gasteiger partial charge >= 0.3 is 0 Å². The van der Waals surface area contributed by atoms with Crippen LogP contribution in [0.15, 0.2) is 51.5 Å². The predicted octanol–water partition coefficient (Wildman–Crippen LogP) is 4.02. The van der Waals surface area contributed by atoms with E-state index in [4.69, 9.17) is 20.4 Å². The molecule has 0 spiro atoms. The first-order valence-electron chi connectivity index (χ1n) is 11.1. The molecule has 5 rings (SSSR count). The van der Waals surface area contributed by atoms with Crippen LogP contribution in [0, 0.1) is 17.2 Å². The Morgan fingerprint density at radius 1 is 1.06 bits per heavy atom. The van der Waals surface area contributed by atoms with Crippen LogP contribution in [0.5, 0.6) is 0 Å². The Kier molecular flexibility index (Phi) is 5.97. The number of aromatic nitrogens is 1. The van der Waals surface area contributed by atoms with Crippen LogP contribution >= 0.6 is 11.6 Å². The van der Waals surface area contributed by atoms with Gasteiger partial charge in [-0.3, -0.25) is 4.79 Å². The number of rotatable bonds is 4. The van der Waals surface area contributed by atoms with Gasteiger partial charge in [-0.15, -0.1) is 0 Å². The summed E-state index contributed by atoms with van der Waals surface area (Å²) >= 11 is 6.12. The molecule has 9 heteroatoms. The zero-order valence-electron chi connectivity index (χ0n) is 18.1. The Morgan fingerprint density at radius 3 is 2.52 bits per heavy atom. The molecule has 2 fully saturated rings. The van der Waals surface area contributed by atoms with Crippen LogP contribution in [-0.4, -0.2) is 55.1 Å². The van der Waals surface area contributed by atoms with Gasteiger partial charge in [0.2, 0.25) is 17.5 Å². The van der Waals surface area contributed by atoms with Crippen LogP contribution in [0.25, 0.3) is 11.7 Å². The molecule has 1 aromatic carbocycles. The fraction of sp³-hybridized carbons (Fsp3) is 0.375. The fourth-order valence-corrected chi connectivity index (χ4v) is 4.73. The third kappa shape index (κ3) is 4.41. The van der Waals surface area contributed by atoms with Gasteiger partial charge in [0.25, 0.3) is 5.89 Å². The number of hydrogen-bond acceptors (Lipinski definition) is 7. The van der Waals surface area contributed by atoms with Gasteiger partial charge in [-0.25, -0.2) is 0 Å². The van der Waals surface area contributed by atoms with Crippen molar-refractivity contribution >= 4 is 29.1 Å². The maximum absolute atomic E-state index is 13.1. The Hall–Kier alpha value is -3.44. The topological polar surface area (TPSA) is 89.8 Å². The molecule has 170 valence electrons. The molecule has 4 heterocycles. The second-order valence-corrected chi connectivity index (χ2v) is 8.75. The number of anilines is 2. The number of furan rings is 1. The minimum Gasteiger partial charge on any atom is -0.459 e. The van der Waals surface area contributed by atoms with E-state index in [1.165, 1.54) is 6.26 Å². The standard InChI is InChI=1S/C24H24ClN5O3/c25-18-3-1-4-19(15-18)28-10-12-29(13-11-28)23(31)17-6-8-30(9-7-17)24-20(16-26)27-22(33-24)21-5-2-14-32-21/h1-5,14-15,17H,6-13H2. The Bertz CT molecular complexity index is 1150. The average molecular weight is 466 g/mol. The molecule has 0 saturated carbocycles. The van der Waals surface area contributed by atoms with Crippen molar-refractivity contribution in [3.8, 4) is 17.7 Å². The molecule has 3 aromatic rings. The number of nitrogens with zero attached hydrogens (tertiary/aromatic N) is 5. The molecule has 0 bridgehead atoms. The Balaban J connectivity index is 1.17. The predicted molar refractivity (Wildman–Crippen MR) is 124 cm³/mol. The van der Waals surface area contributed by atoms with Crippen LogP contribution in [0.4, 0.5) is 11.6 Å². The van der Waals surface area contributed by atoms with Gasteiger partial charge < -0.3 is 23.5 Å². The molecular formula is C24H24ClN5O3. The average Bonchev–Trinajstić information content (AvgIpc) is 3.54. The molecule has 0 aliphatic carbocycles. The minimum atomic E-state index is -0.0167. The summed E-state index contributed by atoms with van der Waals surface area (Å²) in [6, 6.07) is 13.4. The first-order chi connectivity index (χ1) is 16.1. The number of halogens is 1. The molecule has 2 aliphatic heterocycles. The second kappa shape index (κ2) is 9.20. The summed E-state index contributed by atoms with van der Waals surface area (Å²) in [7, 11) is 0. The molecule has 8 nitrogen and oxygen atoms in total. The quantitative estimate of drug-likeness (QED) is 0.574. The van der Waals surface area contributed by atoms with Crippen molar-refractivity contribution in [2.75, 3.05) is 49.1 Å². The van der Waals surface area contributed by atoms with Crippen molar-refractivity contribution in [1.29, 1.82) is 5.26 Å². The number of piperazine rings is 1. The molecule has 2 aromatic heterocycles. The van der Waals surface area contributed by atoms with E-state index in [0.29, 0.717) is 43.7 Å². The van der Waals surface area contributed by atoms with Crippen LogP contribution in [-0.2, 0) is 4.79 Å². The lowest BCUT2D eigenvalue weighted by atomic mass is 9.95. The number of piperidine rings is 1. The van der Waals surface area contributed by atoms with E-state index in [1.807, 2.05) is 28.0 Å². The number of oxazole rings is 1. The summed E-state index contributed by atoms with van der Waals surface area (Å²) in [4.78, 5) is 23.6. The number of amides is 1. The minimum absolute atomic E-state index is 0.0167. The zero-order chi connectivity index (χ0) is 22.8. The number of nitriles is 1. The van der Waals surface area contributed by atoms with E-state index in [9.17, 15) is 10.1 Å². The molecule has 33 heavy (non-hydrogen) atoms. The summed E-state index contributed by atoms with van der Waals surface area (Å²) in [5, 5.41) is 10.2. The summed E-state index contributed by atoms with van der Waals surface area (Å²) in [6.07, 6.45) is 2.97. The summed E-state index contributed by atoms with van der Waals surface area (Å²) in [5.41, 5.74) is 1.33. The molecule has 2 aliphatic rings. The molecule has 0 atom stereocenters. The number of benzene rings is 1. The Labute approximate surface area is 196 Å². The lowest BCUT2D eigenvalue weighted by Crippen LogP contribution is -2.51. The van der Waals surface area contributed by atoms with Gasteiger partial charge in [0.05, 0.1) is 6.26 Å². The van der Waals surface area contributed by atoms with E-state index < -0.39 is 0 Å². The van der Waals surface area contributed by atoms with E-state index in [2.05, 4.69) is 22.0 Å². The summed E-state index contributed by atoms with van der Waals surface area (Å²) < 4.78 is 11.2. The first kappa shape index (κ1) is 21.4. The van der Waals surface area contributed by atoms with E-state index in [-0.39, 0.29) is 17.5 Å². The molecule has 1 amide bonds. The highest BCUT2D eigenvalue weighted by molar-refractivity contribution is 6.30. The maximum Gasteiger partial charge on any atom is 0.266 e. The van der Waals surface area contributed by atoms with Crippen molar-refractivity contribution in [3.05, 3.63) is 53.4 Å². The monoisotopic (exact) mass is 465 g/mol. The molecular weight excluding hydrogens is 442 g/mol. The first-order valence-corrected chi connectivity index (χ1v) is 11.5. The molecule has 2 saturated heterocycles. The van der Waals surface area contributed by atoms with Crippen LogP contribution in [0.2, 0.25) is 5.02 Å². The highest BCUT2D eigenvalue weighted by Gasteiger charge is 2.32. The molecule has 0 unspecified atom stereocenters. The lowest BCUT2D eigenvalue weighted by Gasteiger charge is -2.39.